The van der Waals surface area contributed by atoms with Crippen molar-refractivity contribution in [3.05, 3.63) is 35.9 Å². The summed E-state index contributed by atoms with van der Waals surface area (Å²) in [5.74, 6) is -1.24. The molecule has 1 heterocycles. The Balaban J connectivity index is 1.80. The van der Waals surface area contributed by atoms with E-state index in [1.165, 1.54) is 0 Å². The number of hydrogen-bond donors (Lipinski definition) is 2. The van der Waals surface area contributed by atoms with Crippen molar-refractivity contribution in [3.8, 4) is 0 Å². The number of carboxylic acids is 1. The highest BCUT2D eigenvalue weighted by Crippen LogP contribution is 2.22. The Morgan fingerprint density at radius 1 is 1.32 bits per heavy atom. The van der Waals surface area contributed by atoms with E-state index in [-0.39, 0.29) is 18.1 Å². The molecule has 2 rings (SSSR count). The van der Waals surface area contributed by atoms with E-state index >= 15 is 0 Å². The maximum Gasteiger partial charge on any atom is 0.326 e. The molecule has 0 aliphatic carbocycles. The summed E-state index contributed by atoms with van der Waals surface area (Å²) in [5, 5.41) is 11.9. The lowest BCUT2D eigenvalue weighted by Crippen LogP contribution is -2.42. The van der Waals surface area contributed by atoms with Crippen LogP contribution in [0.1, 0.15) is 38.2 Å². The number of aliphatic carboxylic acids is 1. The highest BCUT2D eigenvalue weighted by molar-refractivity contribution is 5.83. The number of carbonyl (C=O) groups excluding carboxylic acids is 1. The van der Waals surface area contributed by atoms with Gasteiger partial charge in [0.05, 0.1) is 12.2 Å². The SMILES string of the molecule is C[C@H]1CC[C@@H](CCC(=O)N[C@@H](Cc2ccccc2)C(=O)O)O1. The van der Waals surface area contributed by atoms with Crippen molar-refractivity contribution < 1.29 is 19.4 Å². The molecule has 5 nitrogen and oxygen atoms in total. The maximum atomic E-state index is 12.0. The smallest absolute Gasteiger partial charge is 0.326 e. The third kappa shape index (κ3) is 5.15. The highest BCUT2D eigenvalue weighted by Gasteiger charge is 2.24. The van der Waals surface area contributed by atoms with Gasteiger partial charge in [0.25, 0.3) is 0 Å². The van der Waals surface area contributed by atoms with Gasteiger partial charge in [0.1, 0.15) is 6.04 Å². The van der Waals surface area contributed by atoms with Crippen LogP contribution in [-0.2, 0) is 20.7 Å². The van der Waals surface area contributed by atoms with Gasteiger partial charge in [-0.15, -0.1) is 0 Å². The van der Waals surface area contributed by atoms with Gasteiger partial charge in [0.15, 0.2) is 0 Å². The van der Waals surface area contributed by atoms with Gasteiger partial charge in [0, 0.05) is 12.8 Å². The van der Waals surface area contributed by atoms with E-state index in [2.05, 4.69) is 5.32 Å². The molecule has 120 valence electrons. The van der Waals surface area contributed by atoms with Crippen LogP contribution in [0.15, 0.2) is 30.3 Å². The quantitative estimate of drug-likeness (QED) is 0.809. The average molecular weight is 305 g/mol. The monoisotopic (exact) mass is 305 g/mol. The van der Waals surface area contributed by atoms with E-state index in [1.807, 2.05) is 37.3 Å². The Bertz CT molecular complexity index is 503. The maximum absolute atomic E-state index is 12.0. The largest absolute Gasteiger partial charge is 0.480 e. The molecule has 0 aromatic heterocycles. The lowest BCUT2D eigenvalue weighted by Gasteiger charge is -2.16. The van der Waals surface area contributed by atoms with Crippen molar-refractivity contribution in [2.45, 2.75) is 57.3 Å². The van der Waals surface area contributed by atoms with Crippen LogP contribution in [0.5, 0.6) is 0 Å². The van der Waals surface area contributed by atoms with Gasteiger partial charge in [-0.3, -0.25) is 4.79 Å². The van der Waals surface area contributed by atoms with Crippen LogP contribution in [0, 0.1) is 0 Å². The zero-order valence-electron chi connectivity index (χ0n) is 12.8. The van der Waals surface area contributed by atoms with Crippen LogP contribution in [0.2, 0.25) is 0 Å². The number of carbonyl (C=O) groups is 2. The highest BCUT2D eigenvalue weighted by atomic mass is 16.5. The standard InChI is InChI=1S/C17H23NO4/c1-12-7-8-14(22-12)9-10-16(19)18-15(17(20)21)11-13-5-3-2-4-6-13/h2-6,12,14-15H,7-11H2,1H3,(H,18,19)(H,20,21)/t12-,14-,15-/m0/s1. The molecule has 1 aliphatic heterocycles. The molecule has 3 atom stereocenters. The van der Waals surface area contributed by atoms with Crippen LogP contribution in [0.25, 0.3) is 0 Å². The summed E-state index contributed by atoms with van der Waals surface area (Å²) in [6.45, 7) is 2.03. The molecule has 22 heavy (non-hydrogen) atoms. The molecular formula is C17H23NO4. The topological polar surface area (TPSA) is 75.6 Å². The summed E-state index contributed by atoms with van der Waals surface area (Å²) in [6, 6.07) is 8.41. The molecule has 0 spiro atoms. The summed E-state index contributed by atoms with van der Waals surface area (Å²) >= 11 is 0. The van der Waals surface area contributed by atoms with Crippen molar-refractivity contribution in [2.24, 2.45) is 0 Å². The summed E-state index contributed by atoms with van der Waals surface area (Å²) in [7, 11) is 0. The number of rotatable bonds is 7. The second kappa shape index (κ2) is 7.94. The molecular weight excluding hydrogens is 282 g/mol. The van der Waals surface area contributed by atoms with Gasteiger partial charge in [-0.25, -0.2) is 4.79 Å². The van der Waals surface area contributed by atoms with Gasteiger partial charge in [-0.05, 0) is 31.7 Å². The molecule has 1 amide bonds. The zero-order valence-corrected chi connectivity index (χ0v) is 12.8. The van der Waals surface area contributed by atoms with Gasteiger partial charge in [-0.1, -0.05) is 30.3 Å². The van der Waals surface area contributed by atoms with E-state index in [4.69, 9.17) is 4.74 Å². The first kappa shape index (κ1) is 16.5. The molecule has 0 radical (unpaired) electrons. The van der Waals surface area contributed by atoms with Gasteiger partial charge in [0.2, 0.25) is 5.91 Å². The first-order chi connectivity index (χ1) is 10.5. The van der Waals surface area contributed by atoms with Gasteiger partial charge < -0.3 is 15.2 Å². The van der Waals surface area contributed by atoms with E-state index < -0.39 is 12.0 Å². The van der Waals surface area contributed by atoms with Crippen molar-refractivity contribution in [1.29, 1.82) is 0 Å². The Morgan fingerprint density at radius 2 is 2.05 bits per heavy atom. The zero-order chi connectivity index (χ0) is 15.9. The molecule has 2 N–H and O–H groups in total. The Kier molecular flexibility index (Phi) is 5.95. The first-order valence-electron chi connectivity index (χ1n) is 7.76. The fourth-order valence-electron chi connectivity index (χ4n) is 2.71. The minimum Gasteiger partial charge on any atom is -0.480 e. The fraction of sp³-hybridized carbons (Fsp3) is 0.529. The molecule has 1 fully saturated rings. The number of carboxylic acid groups (broad SMARTS) is 1. The van der Waals surface area contributed by atoms with Crippen LogP contribution in [0.3, 0.4) is 0 Å². The third-order valence-electron chi connectivity index (χ3n) is 3.93. The molecule has 0 saturated carbocycles. The second-order valence-electron chi connectivity index (χ2n) is 5.83. The molecule has 0 bridgehead atoms. The summed E-state index contributed by atoms with van der Waals surface area (Å²) < 4.78 is 5.66. The fourth-order valence-corrected chi connectivity index (χ4v) is 2.71. The van der Waals surface area contributed by atoms with Crippen molar-refractivity contribution >= 4 is 11.9 Å². The molecule has 1 aliphatic rings. The second-order valence-corrected chi connectivity index (χ2v) is 5.83. The van der Waals surface area contributed by atoms with Gasteiger partial charge >= 0.3 is 5.97 Å². The van der Waals surface area contributed by atoms with Crippen LogP contribution in [0.4, 0.5) is 0 Å². The van der Waals surface area contributed by atoms with Crippen LogP contribution in [-0.4, -0.2) is 35.2 Å². The first-order valence-corrected chi connectivity index (χ1v) is 7.76. The lowest BCUT2D eigenvalue weighted by molar-refractivity contribution is -0.141. The summed E-state index contributed by atoms with van der Waals surface area (Å²) in [6.07, 6.45) is 3.62. The summed E-state index contributed by atoms with van der Waals surface area (Å²) in [4.78, 5) is 23.3. The van der Waals surface area contributed by atoms with E-state index in [9.17, 15) is 14.7 Å². The summed E-state index contributed by atoms with van der Waals surface area (Å²) in [5.41, 5.74) is 0.892. The molecule has 1 aromatic carbocycles. The van der Waals surface area contributed by atoms with Crippen LogP contribution >= 0.6 is 0 Å². The van der Waals surface area contributed by atoms with Crippen LogP contribution < -0.4 is 5.32 Å². The number of ether oxygens (including phenoxy) is 1. The normalized spacial score (nSPS) is 22.2. The number of benzene rings is 1. The van der Waals surface area contributed by atoms with Gasteiger partial charge in [-0.2, -0.15) is 0 Å². The number of hydrogen-bond acceptors (Lipinski definition) is 3. The predicted molar refractivity (Wildman–Crippen MR) is 82.5 cm³/mol. The molecule has 1 aromatic rings. The number of nitrogens with one attached hydrogen (secondary N) is 1. The lowest BCUT2D eigenvalue weighted by atomic mass is 10.1. The molecule has 0 unspecified atom stereocenters. The van der Waals surface area contributed by atoms with E-state index in [0.29, 0.717) is 19.3 Å². The Morgan fingerprint density at radius 3 is 2.64 bits per heavy atom. The molecule has 5 heteroatoms. The van der Waals surface area contributed by atoms with E-state index in [1.54, 1.807) is 0 Å². The number of amides is 1. The Hall–Kier alpha value is -1.88. The van der Waals surface area contributed by atoms with Crippen molar-refractivity contribution in [2.75, 3.05) is 0 Å². The third-order valence-corrected chi connectivity index (χ3v) is 3.93. The van der Waals surface area contributed by atoms with Crippen molar-refractivity contribution in [1.82, 2.24) is 5.32 Å². The average Bonchev–Trinajstić information content (AvgIpc) is 2.91. The minimum absolute atomic E-state index is 0.123. The van der Waals surface area contributed by atoms with E-state index in [0.717, 1.165) is 18.4 Å². The molecule has 1 saturated heterocycles. The van der Waals surface area contributed by atoms with Crippen molar-refractivity contribution in [3.63, 3.8) is 0 Å². The predicted octanol–water partition coefficient (Wildman–Crippen LogP) is 2.15. The Labute approximate surface area is 130 Å². The minimum atomic E-state index is -1.01.